The number of rotatable bonds is 7. The van der Waals surface area contributed by atoms with Gasteiger partial charge in [-0.25, -0.2) is 8.78 Å². The van der Waals surface area contributed by atoms with Gasteiger partial charge in [-0.2, -0.15) is 8.78 Å². The predicted molar refractivity (Wildman–Crippen MR) is 106 cm³/mol. The topological polar surface area (TPSA) is 21.3 Å². The van der Waals surface area contributed by atoms with Gasteiger partial charge in [0.25, 0.3) is 0 Å². The Bertz CT molecular complexity index is 791. The van der Waals surface area contributed by atoms with E-state index in [1.165, 1.54) is 31.4 Å². The first-order chi connectivity index (χ1) is 13.8. The Labute approximate surface area is 169 Å². The van der Waals surface area contributed by atoms with Crippen molar-refractivity contribution >= 4 is 5.69 Å². The quantitative estimate of drug-likeness (QED) is 0.488. The van der Waals surface area contributed by atoms with Crippen molar-refractivity contribution in [1.29, 1.82) is 0 Å². The molecule has 3 rings (SSSR count). The Hall–Kier alpha value is -2.24. The van der Waals surface area contributed by atoms with Gasteiger partial charge in [0.1, 0.15) is 11.4 Å². The van der Waals surface area contributed by atoms with Crippen molar-refractivity contribution in [3.05, 3.63) is 59.2 Å². The van der Waals surface area contributed by atoms with Crippen LogP contribution in [0.3, 0.4) is 0 Å². The highest BCUT2D eigenvalue weighted by atomic mass is 19.3. The zero-order valence-electron chi connectivity index (χ0n) is 16.8. The Kier molecular flexibility index (Phi) is 6.70. The van der Waals surface area contributed by atoms with Crippen LogP contribution in [0, 0.1) is 17.6 Å². The molecule has 0 radical (unpaired) electrons. The normalized spacial score (nSPS) is 19.8. The van der Waals surface area contributed by atoms with E-state index < -0.39 is 23.5 Å². The zero-order valence-corrected chi connectivity index (χ0v) is 16.8. The van der Waals surface area contributed by atoms with E-state index in [9.17, 15) is 17.6 Å². The lowest BCUT2D eigenvalue weighted by Crippen LogP contribution is -2.22. The third kappa shape index (κ3) is 5.03. The molecule has 6 heteroatoms. The summed E-state index contributed by atoms with van der Waals surface area (Å²) in [5.74, 6) is -1.36. The van der Waals surface area contributed by atoms with Crippen LogP contribution in [-0.4, -0.2) is 6.54 Å². The second-order valence-corrected chi connectivity index (χ2v) is 7.66. The van der Waals surface area contributed by atoms with Gasteiger partial charge >= 0.3 is 6.11 Å². The molecule has 1 aliphatic rings. The lowest BCUT2D eigenvalue weighted by atomic mass is 9.78. The molecule has 0 aliphatic heterocycles. The Morgan fingerprint density at radius 3 is 2.07 bits per heavy atom. The highest BCUT2D eigenvalue weighted by molar-refractivity contribution is 5.49. The molecular formula is C23H27F4NO. The maximum Gasteiger partial charge on any atom is 0.426 e. The standard InChI is InChI=1S/C23H27F4NO/c1-3-15-5-7-16(8-6-15)17-9-11-18(12-10-17)23(26,27)29-19-13-20(24)22(28-4-2)21(25)14-19/h9-16,28H,3-8H2,1-2H3. The number of alkyl halides is 2. The highest BCUT2D eigenvalue weighted by Crippen LogP contribution is 2.39. The summed E-state index contributed by atoms with van der Waals surface area (Å²) in [6.45, 7) is 4.18. The first-order valence-electron chi connectivity index (χ1n) is 10.2. The average Bonchev–Trinajstić information content (AvgIpc) is 2.70. The summed E-state index contributed by atoms with van der Waals surface area (Å²) < 4.78 is 61.7. The summed E-state index contributed by atoms with van der Waals surface area (Å²) in [7, 11) is 0. The van der Waals surface area contributed by atoms with Crippen LogP contribution in [0.5, 0.6) is 5.75 Å². The van der Waals surface area contributed by atoms with Crippen LogP contribution in [0.1, 0.15) is 63.0 Å². The minimum atomic E-state index is -3.70. The summed E-state index contributed by atoms with van der Waals surface area (Å²) in [6.07, 6.45) is 1.97. The van der Waals surface area contributed by atoms with E-state index in [-0.39, 0.29) is 11.3 Å². The van der Waals surface area contributed by atoms with E-state index in [1.54, 1.807) is 19.1 Å². The van der Waals surface area contributed by atoms with E-state index in [1.807, 2.05) is 0 Å². The molecule has 0 bridgehead atoms. The van der Waals surface area contributed by atoms with Gasteiger partial charge in [0.2, 0.25) is 0 Å². The van der Waals surface area contributed by atoms with Crippen molar-refractivity contribution in [1.82, 2.24) is 0 Å². The fraction of sp³-hybridized carbons (Fsp3) is 0.478. The Morgan fingerprint density at radius 2 is 1.55 bits per heavy atom. The van der Waals surface area contributed by atoms with Gasteiger partial charge in [-0.15, -0.1) is 0 Å². The van der Waals surface area contributed by atoms with Gasteiger partial charge in [0, 0.05) is 18.7 Å². The summed E-state index contributed by atoms with van der Waals surface area (Å²) in [5, 5.41) is 2.52. The van der Waals surface area contributed by atoms with E-state index in [4.69, 9.17) is 0 Å². The molecule has 1 fully saturated rings. The van der Waals surface area contributed by atoms with Gasteiger partial charge in [0.05, 0.1) is 5.56 Å². The largest absolute Gasteiger partial charge is 0.429 e. The van der Waals surface area contributed by atoms with Crippen LogP contribution in [-0.2, 0) is 6.11 Å². The van der Waals surface area contributed by atoms with Crippen molar-refractivity contribution in [3.8, 4) is 5.75 Å². The minimum absolute atomic E-state index is 0.302. The van der Waals surface area contributed by atoms with Crippen molar-refractivity contribution in [2.75, 3.05) is 11.9 Å². The number of benzene rings is 2. The molecule has 1 N–H and O–H groups in total. The number of halogens is 4. The molecule has 0 unspecified atom stereocenters. The van der Waals surface area contributed by atoms with Crippen molar-refractivity contribution in [2.24, 2.45) is 5.92 Å². The van der Waals surface area contributed by atoms with Crippen molar-refractivity contribution in [2.45, 2.75) is 58.0 Å². The second kappa shape index (κ2) is 9.06. The lowest BCUT2D eigenvalue weighted by Gasteiger charge is -2.28. The van der Waals surface area contributed by atoms with Gasteiger partial charge in [-0.05, 0) is 62.1 Å². The van der Waals surface area contributed by atoms with E-state index in [0.29, 0.717) is 12.5 Å². The van der Waals surface area contributed by atoms with Gasteiger partial charge in [-0.1, -0.05) is 25.5 Å². The van der Waals surface area contributed by atoms with Crippen LogP contribution >= 0.6 is 0 Å². The van der Waals surface area contributed by atoms with Crippen molar-refractivity contribution < 1.29 is 22.3 Å². The second-order valence-electron chi connectivity index (χ2n) is 7.66. The molecule has 0 spiro atoms. The highest BCUT2D eigenvalue weighted by Gasteiger charge is 2.35. The Morgan fingerprint density at radius 1 is 0.966 bits per heavy atom. The molecule has 0 saturated heterocycles. The maximum absolute atomic E-state index is 14.5. The molecule has 1 aliphatic carbocycles. The third-order valence-electron chi connectivity index (χ3n) is 5.76. The molecule has 2 aromatic rings. The van der Waals surface area contributed by atoms with E-state index in [2.05, 4.69) is 17.0 Å². The third-order valence-corrected chi connectivity index (χ3v) is 5.76. The first kappa shape index (κ1) is 21.5. The van der Waals surface area contributed by atoms with E-state index >= 15 is 0 Å². The van der Waals surface area contributed by atoms with Gasteiger partial charge in [0.15, 0.2) is 11.6 Å². The van der Waals surface area contributed by atoms with Crippen molar-refractivity contribution in [3.63, 3.8) is 0 Å². The lowest BCUT2D eigenvalue weighted by molar-refractivity contribution is -0.185. The first-order valence-corrected chi connectivity index (χ1v) is 10.2. The predicted octanol–water partition coefficient (Wildman–Crippen LogP) is 7.21. The number of ether oxygens (including phenoxy) is 1. The number of hydrogen-bond acceptors (Lipinski definition) is 2. The van der Waals surface area contributed by atoms with Crippen LogP contribution in [0.15, 0.2) is 36.4 Å². The number of nitrogens with one attached hydrogen (secondary N) is 1. The SMILES string of the molecule is CCNc1c(F)cc(OC(F)(F)c2ccc(C3CCC(CC)CC3)cc2)cc1F. The summed E-state index contributed by atoms with van der Waals surface area (Å²) in [6, 6.07) is 7.60. The summed E-state index contributed by atoms with van der Waals surface area (Å²) in [4.78, 5) is 0. The molecule has 1 saturated carbocycles. The van der Waals surface area contributed by atoms with E-state index in [0.717, 1.165) is 36.5 Å². The number of anilines is 1. The minimum Gasteiger partial charge on any atom is -0.429 e. The molecule has 0 aromatic heterocycles. The number of hydrogen-bond donors (Lipinski definition) is 1. The van der Waals surface area contributed by atoms with Crippen LogP contribution in [0.25, 0.3) is 0 Å². The molecule has 0 atom stereocenters. The van der Waals surface area contributed by atoms with Crippen LogP contribution in [0.4, 0.5) is 23.2 Å². The fourth-order valence-corrected chi connectivity index (χ4v) is 4.01. The summed E-state index contributed by atoms with van der Waals surface area (Å²) >= 11 is 0. The van der Waals surface area contributed by atoms with Crippen LogP contribution in [0.2, 0.25) is 0 Å². The molecule has 29 heavy (non-hydrogen) atoms. The zero-order chi connectivity index (χ0) is 21.0. The average molecular weight is 409 g/mol. The molecule has 2 aromatic carbocycles. The smallest absolute Gasteiger partial charge is 0.426 e. The Balaban J connectivity index is 1.71. The molecule has 0 amide bonds. The summed E-state index contributed by atoms with van der Waals surface area (Å²) in [5.41, 5.74) is 0.344. The van der Waals surface area contributed by atoms with Crippen LogP contribution < -0.4 is 10.1 Å². The maximum atomic E-state index is 14.5. The molecule has 2 nitrogen and oxygen atoms in total. The molecule has 158 valence electrons. The monoisotopic (exact) mass is 409 g/mol. The fourth-order valence-electron chi connectivity index (χ4n) is 4.01. The molecule has 0 heterocycles. The molecular weight excluding hydrogens is 382 g/mol. The van der Waals surface area contributed by atoms with Gasteiger partial charge in [-0.3, -0.25) is 0 Å². The van der Waals surface area contributed by atoms with Gasteiger partial charge < -0.3 is 10.1 Å².